The van der Waals surface area contributed by atoms with Gasteiger partial charge in [-0.2, -0.15) is 0 Å². The highest BCUT2D eigenvalue weighted by Crippen LogP contribution is 2.25. The van der Waals surface area contributed by atoms with E-state index in [0.29, 0.717) is 5.56 Å². The van der Waals surface area contributed by atoms with Gasteiger partial charge in [0, 0.05) is 12.6 Å². The second kappa shape index (κ2) is 7.62. The van der Waals surface area contributed by atoms with Gasteiger partial charge in [0.15, 0.2) is 0 Å². The Hall–Kier alpha value is -2.84. The zero-order chi connectivity index (χ0) is 18.5. The Labute approximate surface area is 139 Å². The smallest absolute Gasteiger partial charge is 0.408 e. The van der Waals surface area contributed by atoms with E-state index in [1.807, 2.05) is 0 Å². The van der Waals surface area contributed by atoms with Crippen molar-refractivity contribution in [2.24, 2.45) is 0 Å². The molecule has 0 bridgehead atoms. The second-order valence-corrected chi connectivity index (χ2v) is 6.20. The molecule has 1 unspecified atom stereocenters. The molecule has 9 nitrogen and oxygen atoms in total. The quantitative estimate of drug-likeness (QED) is 0.535. The first-order chi connectivity index (χ1) is 11.0. The number of hydrogen-bond donors (Lipinski definition) is 3. The summed E-state index contributed by atoms with van der Waals surface area (Å²) in [7, 11) is 0. The molecule has 1 aromatic rings. The van der Waals surface area contributed by atoms with Gasteiger partial charge in [-0.05, 0) is 39.3 Å². The number of carboxylic acids is 1. The number of nitrogens with zero attached hydrogens (tertiary/aromatic N) is 1. The maximum absolute atomic E-state index is 11.7. The lowest BCUT2D eigenvalue weighted by Gasteiger charge is -2.22. The van der Waals surface area contributed by atoms with Gasteiger partial charge >= 0.3 is 12.1 Å². The maximum atomic E-state index is 11.7. The molecule has 1 atom stereocenters. The molecular weight excluding hydrogens is 318 g/mol. The van der Waals surface area contributed by atoms with Crippen LogP contribution in [0.5, 0.6) is 0 Å². The summed E-state index contributed by atoms with van der Waals surface area (Å²) < 4.78 is 5.00. The largest absolute Gasteiger partial charge is 0.480 e. The van der Waals surface area contributed by atoms with E-state index < -0.39 is 28.6 Å². The third-order valence-electron chi connectivity index (χ3n) is 2.84. The molecule has 9 heteroatoms. The van der Waals surface area contributed by atoms with Gasteiger partial charge < -0.3 is 20.5 Å². The molecule has 0 radical (unpaired) electrons. The predicted octanol–water partition coefficient (Wildman–Crippen LogP) is 2.29. The Kier molecular flexibility index (Phi) is 6.10. The molecular formula is C15H21N3O6. The van der Waals surface area contributed by atoms with Crippen molar-refractivity contribution in [3.8, 4) is 0 Å². The van der Waals surface area contributed by atoms with Crippen molar-refractivity contribution >= 4 is 23.4 Å². The third-order valence-corrected chi connectivity index (χ3v) is 2.84. The summed E-state index contributed by atoms with van der Waals surface area (Å²) in [6, 6.07) is 3.21. The van der Waals surface area contributed by atoms with E-state index in [0.717, 1.165) is 0 Å². The standard InChI is InChI=1S/C15H21N3O6/c1-9-5-6-10(12(7-9)18(22)23)16-8-11(13(19)20)17-14(21)24-15(2,3)4/h5-7,11,16H,8H2,1-4H3,(H,17,21)(H,19,20). The van der Waals surface area contributed by atoms with Gasteiger partial charge in [-0.1, -0.05) is 6.07 Å². The number of nitrogens with one attached hydrogen (secondary N) is 2. The summed E-state index contributed by atoms with van der Waals surface area (Å²) >= 11 is 0. The number of aliphatic carboxylic acids is 1. The molecule has 1 rings (SSSR count). The molecule has 0 saturated carbocycles. The molecule has 0 fully saturated rings. The van der Waals surface area contributed by atoms with Crippen LogP contribution in [0.3, 0.4) is 0 Å². The number of carboxylic acid groups (broad SMARTS) is 1. The summed E-state index contributed by atoms with van der Waals surface area (Å²) in [5.74, 6) is -1.29. The predicted molar refractivity (Wildman–Crippen MR) is 87.1 cm³/mol. The lowest BCUT2D eigenvalue weighted by atomic mass is 10.2. The average molecular weight is 339 g/mol. The number of benzene rings is 1. The molecule has 1 aromatic carbocycles. The molecule has 3 N–H and O–H groups in total. The Balaban J connectivity index is 2.80. The lowest BCUT2D eigenvalue weighted by molar-refractivity contribution is -0.384. The second-order valence-electron chi connectivity index (χ2n) is 6.20. The van der Waals surface area contributed by atoms with E-state index in [4.69, 9.17) is 4.74 Å². The molecule has 0 spiro atoms. The zero-order valence-electron chi connectivity index (χ0n) is 14.0. The fourth-order valence-electron chi connectivity index (χ4n) is 1.80. The summed E-state index contributed by atoms with van der Waals surface area (Å²) in [5, 5.41) is 25.1. The van der Waals surface area contributed by atoms with Crippen molar-refractivity contribution < 1.29 is 24.4 Å². The molecule has 1 amide bonds. The summed E-state index contributed by atoms with van der Waals surface area (Å²) in [5.41, 5.74) is -0.0656. The normalized spacial score (nSPS) is 12.2. The van der Waals surface area contributed by atoms with E-state index in [2.05, 4.69) is 10.6 Å². The van der Waals surface area contributed by atoms with Crippen LogP contribution in [0.4, 0.5) is 16.2 Å². The van der Waals surface area contributed by atoms with Crippen molar-refractivity contribution in [3.05, 3.63) is 33.9 Å². The molecule has 0 aliphatic carbocycles. The van der Waals surface area contributed by atoms with Crippen LogP contribution >= 0.6 is 0 Å². The van der Waals surface area contributed by atoms with Gasteiger partial charge in [0.25, 0.3) is 5.69 Å². The number of aryl methyl sites for hydroxylation is 1. The van der Waals surface area contributed by atoms with Crippen LogP contribution in [0.25, 0.3) is 0 Å². The number of carbonyl (C=O) groups excluding carboxylic acids is 1. The zero-order valence-corrected chi connectivity index (χ0v) is 14.0. The maximum Gasteiger partial charge on any atom is 0.408 e. The Morgan fingerprint density at radius 3 is 2.50 bits per heavy atom. The molecule has 0 heterocycles. The minimum absolute atomic E-state index is 0.169. The van der Waals surface area contributed by atoms with Gasteiger partial charge in [-0.15, -0.1) is 0 Å². The van der Waals surface area contributed by atoms with Crippen LogP contribution in [-0.4, -0.2) is 40.3 Å². The minimum atomic E-state index is -1.30. The van der Waals surface area contributed by atoms with Gasteiger partial charge in [0.1, 0.15) is 17.3 Å². The fraction of sp³-hybridized carbons (Fsp3) is 0.467. The number of nitro benzene ring substituents is 1. The van der Waals surface area contributed by atoms with Crippen LogP contribution < -0.4 is 10.6 Å². The monoisotopic (exact) mass is 339 g/mol. The summed E-state index contributed by atoms with van der Waals surface area (Å²) in [6.07, 6.45) is -0.880. The van der Waals surface area contributed by atoms with Crippen LogP contribution in [-0.2, 0) is 9.53 Å². The first kappa shape index (κ1) is 19.2. The number of rotatable bonds is 6. The number of alkyl carbamates (subject to hydrolysis) is 1. The van der Waals surface area contributed by atoms with Gasteiger partial charge in [0.05, 0.1) is 4.92 Å². The number of anilines is 1. The number of hydrogen-bond acceptors (Lipinski definition) is 6. The SMILES string of the molecule is Cc1ccc(NCC(NC(=O)OC(C)(C)C)C(=O)O)c([N+](=O)[O-])c1. The van der Waals surface area contributed by atoms with E-state index in [9.17, 15) is 24.8 Å². The minimum Gasteiger partial charge on any atom is -0.480 e. The van der Waals surface area contributed by atoms with Crippen LogP contribution in [0.2, 0.25) is 0 Å². The van der Waals surface area contributed by atoms with Crippen molar-refractivity contribution in [2.45, 2.75) is 39.3 Å². The molecule has 24 heavy (non-hydrogen) atoms. The highest BCUT2D eigenvalue weighted by atomic mass is 16.6. The Bertz CT molecular complexity index is 639. The van der Waals surface area contributed by atoms with Crippen LogP contribution in [0, 0.1) is 17.0 Å². The van der Waals surface area contributed by atoms with Crippen molar-refractivity contribution in [2.75, 3.05) is 11.9 Å². The lowest BCUT2D eigenvalue weighted by Crippen LogP contribution is -2.47. The molecule has 0 aliphatic heterocycles. The molecule has 0 aliphatic rings. The van der Waals surface area contributed by atoms with Crippen molar-refractivity contribution in [3.63, 3.8) is 0 Å². The van der Waals surface area contributed by atoms with E-state index in [1.165, 1.54) is 12.1 Å². The summed E-state index contributed by atoms with van der Waals surface area (Å²) in [6.45, 7) is 6.42. The number of amides is 1. The van der Waals surface area contributed by atoms with Gasteiger partial charge in [0.2, 0.25) is 0 Å². The van der Waals surface area contributed by atoms with Gasteiger partial charge in [-0.3, -0.25) is 10.1 Å². The molecule has 0 aromatic heterocycles. The topological polar surface area (TPSA) is 131 Å². The molecule has 132 valence electrons. The van der Waals surface area contributed by atoms with Gasteiger partial charge in [-0.25, -0.2) is 9.59 Å². The van der Waals surface area contributed by atoms with Crippen molar-refractivity contribution in [1.82, 2.24) is 5.32 Å². The number of nitro groups is 1. The van der Waals surface area contributed by atoms with Crippen LogP contribution in [0.1, 0.15) is 26.3 Å². The Morgan fingerprint density at radius 2 is 2.00 bits per heavy atom. The number of ether oxygens (including phenoxy) is 1. The highest BCUT2D eigenvalue weighted by molar-refractivity contribution is 5.81. The fourth-order valence-corrected chi connectivity index (χ4v) is 1.80. The van der Waals surface area contributed by atoms with E-state index in [1.54, 1.807) is 33.8 Å². The average Bonchev–Trinajstić information content (AvgIpc) is 2.41. The molecule has 0 saturated heterocycles. The third kappa shape index (κ3) is 6.11. The van der Waals surface area contributed by atoms with E-state index in [-0.39, 0.29) is 17.9 Å². The number of carbonyl (C=O) groups is 2. The Morgan fingerprint density at radius 1 is 1.38 bits per heavy atom. The first-order valence-corrected chi connectivity index (χ1v) is 7.21. The summed E-state index contributed by atoms with van der Waals surface area (Å²) in [4.78, 5) is 33.4. The first-order valence-electron chi connectivity index (χ1n) is 7.21. The van der Waals surface area contributed by atoms with Crippen LogP contribution in [0.15, 0.2) is 18.2 Å². The van der Waals surface area contributed by atoms with E-state index >= 15 is 0 Å². The van der Waals surface area contributed by atoms with Crippen molar-refractivity contribution in [1.29, 1.82) is 0 Å². The highest BCUT2D eigenvalue weighted by Gasteiger charge is 2.24.